The molecule has 12 heteroatoms. The summed E-state index contributed by atoms with van der Waals surface area (Å²) in [5, 5.41) is 0. The van der Waals surface area contributed by atoms with Gasteiger partial charge in [-0.15, -0.1) is 0 Å². The van der Waals surface area contributed by atoms with E-state index in [-0.39, 0.29) is 67.1 Å². The largest absolute Gasteiger partial charge is 0.462 e. The van der Waals surface area contributed by atoms with Crippen molar-refractivity contribution in [2.24, 2.45) is 5.41 Å². The zero-order valence-electron chi connectivity index (χ0n) is 19.4. The van der Waals surface area contributed by atoms with Crippen LogP contribution >= 0.6 is 50.5 Å². The van der Waals surface area contributed by atoms with Crippen LogP contribution in [0.3, 0.4) is 0 Å². The highest BCUT2D eigenvalue weighted by atomic mass is 32.1. The topological polar surface area (TPSA) is 105 Å². The van der Waals surface area contributed by atoms with E-state index in [0.717, 1.165) is 0 Å². The van der Waals surface area contributed by atoms with Crippen LogP contribution in [-0.4, -0.2) is 71.8 Å². The normalized spacial score (nSPS) is 14.0. The summed E-state index contributed by atoms with van der Waals surface area (Å²) < 4.78 is 22.0. The summed E-state index contributed by atoms with van der Waals surface area (Å²) in [5.41, 5.74) is -0.345. The molecule has 0 N–H and O–H groups in total. The van der Waals surface area contributed by atoms with Crippen molar-refractivity contribution in [3.8, 4) is 0 Å². The van der Waals surface area contributed by atoms with E-state index in [1.165, 1.54) is 0 Å². The van der Waals surface area contributed by atoms with Crippen molar-refractivity contribution in [1.82, 2.24) is 0 Å². The van der Waals surface area contributed by atoms with E-state index >= 15 is 0 Å². The number of hydrogen-bond donors (Lipinski definition) is 4. The molecule has 0 aliphatic heterocycles. The number of hydrogen-bond acceptors (Lipinski definition) is 12. The fourth-order valence-corrected chi connectivity index (χ4v) is 3.42. The number of esters is 4. The van der Waals surface area contributed by atoms with Gasteiger partial charge in [-0.25, -0.2) is 0 Å². The Morgan fingerprint density at radius 2 is 1.03 bits per heavy atom. The molecule has 0 aliphatic rings. The molecule has 0 rings (SSSR count). The maximum Gasteiger partial charge on any atom is 0.307 e. The third-order valence-electron chi connectivity index (χ3n) is 4.05. The Morgan fingerprint density at radius 3 is 1.45 bits per heavy atom. The average Bonchev–Trinajstić information content (AvgIpc) is 2.69. The minimum Gasteiger partial charge on any atom is -0.462 e. The molecule has 0 bridgehead atoms. The predicted octanol–water partition coefficient (Wildman–Crippen LogP) is 2.98. The molecule has 1 unspecified atom stereocenters. The second-order valence-electron chi connectivity index (χ2n) is 8.35. The third kappa shape index (κ3) is 15.7. The first-order chi connectivity index (χ1) is 15.5. The Kier molecular flexibility index (Phi) is 17.3. The first-order valence-electron chi connectivity index (χ1n) is 10.6. The summed E-state index contributed by atoms with van der Waals surface area (Å²) in [4.78, 5) is 48.9. The smallest absolute Gasteiger partial charge is 0.307 e. The highest BCUT2D eigenvalue weighted by Gasteiger charge is 2.40. The van der Waals surface area contributed by atoms with E-state index < -0.39 is 42.2 Å². The Labute approximate surface area is 218 Å². The van der Waals surface area contributed by atoms with Gasteiger partial charge in [0.15, 0.2) is 12.2 Å². The zero-order valence-corrected chi connectivity index (χ0v) is 22.9. The van der Waals surface area contributed by atoms with Crippen molar-refractivity contribution < 1.29 is 38.1 Å². The second-order valence-corrected chi connectivity index (χ2v) is 10.1. The maximum atomic E-state index is 12.4. The van der Waals surface area contributed by atoms with Crippen LogP contribution in [0.5, 0.6) is 0 Å². The first kappa shape index (κ1) is 32.3. The van der Waals surface area contributed by atoms with Gasteiger partial charge in [0.05, 0.1) is 25.7 Å². The Hall–Kier alpha value is -0.720. The number of thiol groups is 4. The SMILES string of the molecule is CC(C)(C)CC(OC(=O)CCS)[C@H](OC(=O)CCS)[C@@H](COC(=O)CCS)OC(=O)CCS. The fourth-order valence-electron chi connectivity index (χ4n) is 2.69. The second kappa shape index (κ2) is 17.7. The molecule has 3 atom stereocenters. The van der Waals surface area contributed by atoms with E-state index in [4.69, 9.17) is 18.9 Å². The van der Waals surface area contributed by atoms with E-state index in [1.54, 1.807) is 0 Å². The third-order valence-corrected chi connectivity index (χ3v) is 4.95. The van der Waals surface area contributed by atoms with Gasteiger partial charge in [-0.2, -0.15) is 50.5 Å². The van der Waals surface area contributed by atoms with Gasteiger partial charge in [-0.1, -0.05) is 20.8 Å². The minimum atomic E-state index is -1.20. The number of carbonyl (C=O) groups excluding carboxylic acids is 4. The zero-order chi connectivity index (χ0) is 25.4. The average molecular weight is 545 g/mol. The lowest BCUT2D eigenvalue weighted by atomic mass is 9.86. The maximum absolute atomic E-state index is 12.4. The van der Waals surface area contributed by atoms with Crippen molar-refractivity contribution in [3.05, 3.63) is 0 Å². The lowest BCUT2D eigenvalue weighted by molar-refractivity contribution is -0.193. The molecule has 0 saturated carbocycles. The molecule has 0 aliphatic carbocycles. The number of ether oxygens (including phenoxy) is 4. The van der Waals surface area contributed by atoms with Crippen LogP contribution in [0.1, 0.15) is 52.9 Å². The summed E-state index contributed by atoms with van der Waals surface area (Å²) in [6.07, 6.45) is -2.99. The van der Waals surface area contributed by atoms with Gasteiger partial charge in [-0.3, -0.25) is 19.2 Å². The van der Waals surface area contributed by atoms with E-state index in [1.807, 2.05) is 20.8 Å². The van der Waals surface area contributed by atoms with Gasteiger partial charge in [0.25, 0.3) is 0 Å². The molecule has 0 aromatic rings. The Morgan fingerprint density at radius 1 is 0.636 bits per heavy atom. The number of carbonyl (C=O) groups is 4. The molecular weight excluding hydrogens is 508 g/mol. The van der Waals surface area contributed by atoms with Crippen LogP contribution in [0.25, 0.3) is 0 Å². The molecule has 0 saturated heterocycles. The first-order valence-corrected chi connectivity index (χ1v) is 13.2. The number of rotatable bonds is 16. The van der Waals surface area contributed by atoms with Gasteiger partial charge in [0, 0.05) is 23.0 Å². The van der Waals surface area contributed by atoms with E-state index in [9.17, 15) is 19.2 Å². The quantitative estimate of drug-likeness (QED) is 0.134. The van der Waals surface area contributed by atoms with Gasteiger partial charge >= 0.3 is 23.9 Å². The highest BCUT2D eigenvalue weighted by molar-refractivity contribution is 7.80. The summed E-state index contributed by atoms with van der Waals surface area (Å²) >= 11 is 16.1. The highest BCUT2D eigenvalue weighted by Crippen LogP contribution is 2.28. The Balaban J connectivity index is 6.10. The predicted molar refractivity (Wildman–Crippen MR) is 139 cm³/mol. The van der Waals surface area contributed by atoms with Crippen LogP contribution in [0, 0.1) is 5.41 Å². The molecule has 33 heavy (non-hydrogen) atoms. The molecule has 0 spiro atoms. The van der Waals surface area contributed by atoms with Crippen LogP contribution in [-0.2, 0) is 38.1 Å². The lowest BCUT2D eigenvalue weighted by Gasteiger charge is -2.35. The molecule has 0 aromatic carbocycles. The Bertz CT molecular complexity index is 624. The molecule has 0 heterocycles. The molecule has 0 fully saturated rings. The van der Waals surface area contributed by atoms with Crippen molar-refractivity contribution in [1.29, 1.82) is 0 Å². The van der Waals surface area contributed by atoms with Crippen LogP contribution in [0.2, 0.25) is 0 Å². The standard InChI is InChI=1S/C21H36O8S4/c1-21(2,3)12-14(27-17(23)5-9-31)20(29-19(25)7-11-33)15(28-18(24)6-10-32)13-26-16(22)4-8-30/h14-15,20,30-33H,4-13H2,1-3H3/t14?,15-,20+/m1/s1. The van der Waals surface area contributed by atoms with Crippen molar-refractivity contribution in [3.63, 3.8) is 0 Å². The van der Waals surface area contributed by atoms with Crippen molar-refractivity contribution >= 4 is 74.4 Å². The molecule has 0 aromatic heterocycles. The van der Waals surface area contributed by atoms with Crippen LogP contribution in [0.15, 0.2) is 0 Å². The molecular formula is C21H36O8S4. The summed E-state index contributed by atoms with van der Waals surface area (Å²) in [6.45, 7) is 5.39. The van der Waals surface area contributed by atoms with Crippen LogP contribution in [0.4, 0.5) is 0 Å². The summed E-state index contributed by atoms with van der Waals surface area (Å²) in [5.74, 6) is -1.32. The van der Waals surface area contributed by atoms with Gasteiger partial charge in [-0.05, 0) is 11.8 Å². The van der Waals surface area contributed by atoms with Gasteiger partial charge in [0.2, 0.25) is 0 Å². The van der Waals surface area contributed by atoms with E-state index in [0.29, 0.717) is 0 Å². The van der Waals surface area contributed by atoms with Gasteiger partial charge in [0.1, 0.15) is 12.7 Å². The summed E-state index contributed by atoms with van der Waals surface area (Å²) in [6, 6.07) is 0. The fraction of sp³-hybridized carbons (Fsp3) is 0.810. The van der Waals surface area contributed by atoms with E-state index in [2.05, 4.69) is 50.5 Å². The molecule has 192 valence electrons. The lowest BCUT2D eigenvalue weighted by Crippen LogP contribution is -2.49. The van der Waals surface area contributed by atoms with Gasteiger partial charge < -0.3 is 18.9 Å². The molecule has 8 nitrogen and oxygen atoms in total. The van der Waals surface area contributed by atoms with Crippen molar-refractivity contribution in [2.45, 2.75) is 71.2 Å². The summed E-state index contributed by atoms with van der Waals surface area (Å²) in [7, 11) is 0. The monoisotopic (exact) mass is 544 g/mol. The minimum absolute atomic E-state index is 0.00905. The van der Waals surface area contributed by atoms with Crippen molar-refractivity contribution in [2.75, 3.05) is 29.6 Å². The molecule has 0 radical (unpaired) electrons. The van der Waals surface area contributed by atoms with Crippen LogP contribution < -0.4 is 0 Å². The molecule has 0 amide bonds.